The number of aromatic nitrogens is 3. The standard InChI is InChI=1S/C21H24ClN5O2/c1-12-13(2)24-19-11-17(25-27(19)20(12)28)18-6-4-5-9-26(18)21(29)15-10-14(22)7-8-16(15)23-3/h7-8,10-11,18,23,25H,4-6,9H2,1-3H3/t18-/m0/s1. The van der Waals surface area contributed by atoms with Gasteiger partial charge in [0, 0.05) is 41.6 Å². The molecule has 4 rings (SSSR count). The smallest absolute Gasteiger partial charge is 0.275 e. The molecule has 8 heteroatoms. The Labute approximate surface area is 173 Å². The van der Waals surface area contributed by atoms with E-state index in [0.717, 1.165) is 36.3 Å². The largest absolute Gasteiger partial charge is 0.387 e. The highest BCUT2D eigenvalue weighted by molar-refractivity contribution is 6.31. The van der Waals surface area contributed by atoms with E-state index in [2.05, 4.69) is 15.4 Å². The van der Waals surface area contributed by atoms with Gasteiger partial charge in [-0.15, -0.1) is 0 Å². The first-order valence-electron chi connectivity index (χ1n) is 9.78. The lowest BCUT2D eigenvalue weighted by atomic mass is 9.98. The predicted octanol–water partition coefficient (Wildman–Crippen LogP) is 3.70. The maximum atomic E-state index is 13.4. The number of H-pyrrole nitrogens is 1. The summed E-state index contributed by atoms with van der Waals surface area (Å²) in [6.07, 6.45) is 2.77. The van der Waals surface area contributed by atoms with Gasteiger partial charge in [-0.3, -0.25) is 14.7 Å². The number of aryl methyl sites for hydroxylation is 1. The molecule has 1 atom stereocenters. The third kappa shape index (κ3) is 3.40. The fourth-order valence-electron chi connectivity index (χ4n) is 3.97. The van der Waals surface area contributed by atoms with Crippen molar-refractivity contribution in [3.8, 4) is 0 Å². The van der Waals surface area contributed by atoms with Crippen LogP contribution in [0.5, 0.6) is 0 Å². The maximum Gasteiger partial charge on any atom is 0.275 e. The summed E-state index contributed by atoms with van der Waals surface area (Å²) in [6.45, 7) is 4.25. The molecule has 0 bridgehead atoms. The van der Waals surface area contributed by atoms with Gasteiger partial charge in [-0.25, -0.2) is 9.50 Å². The second kappa shape index (κ2) is 7.55. The molecule has 1 saturated heterocycles. The molecular formula is C21H24ClN5O2. The van der Waals surface area contributed by atoms with Gasteiger partial charge in [0.05, 0.1) is 17.3 Å². The van der Waals surface area contributed by atoms with Crippen molar-refractivity contribution >= 4 is 28.8 Å². The van der Waals surface area contributed by atoms with Crippen LogP contribution in [-0.2, 0) is 0 Å². The van der Waals surface area contributed by atoms with Crippen LogP contribution in [0.3, 0.4) is 0 Å². The van der Waals surface area contributed by atoms with Crippen LogP contribution < -0.4 is 10.9 Å². The van der Waals surface area contributed by atoms with E-state index in [-0.39, 0.29) is 17.5 Å². The van der Waals surface area contributed by atoms with Gasteiger partial charge in [0.1, 0.15) is 0 Å². The number of nitrogens with one attached hydrogen (secondary N) is 2. The molecule has 2 N–H and O–H groups in total. The van der Waals surface area contributed by atoms with Gasteiger partial charge in [0.15, 0.2) is 5.65 Å². The van der Waals surface area contributed by atoms with Crippen molar-refractivity contribution in [2.45, 2.75) is 39.2 Å². The first kappa shape index (κ1) is 19.5. The van der Waals surface area contributed by atoms with Crippen LogP contribution >= 0.6 is 11.6 Å². The van der Waals surface area contributed by atoms with Crippen molar-refractivity contribution < 1.29 is 4.79 Å². The van der Waals surface area contributed by atoms with Gasteiger partial charge in [0.25, 0.3) is 11.5 Å². The average Bonchev–Trinajstić information content (AvgIpc) is 3.15. The number of fused-ring (bicyclic) bond motifs is 1. The van der Waals surface area contributed by atoms with Gasteiger partial charge in [-0.2, -0.15) is 0 Å². The van der Waals surface area contributed by atoms with Gasteiger partial charge in [-0.05, 0) is 51.3 Å². The zero-order chi connectivity index (χ0) is 20.7. The van der Waals surface area contributed by atoms with Gasteiger partial charge >= 0.3 is 0 Å². The molecule has 152 valence electrons. The number of halogens is 1. The minimum Gasteiger partial charge on any atom is -0.387 e. The van der Waals surface area contributed by atoms with E-state index in [4.69, 9.17) is 11.6 Å². The van der Waals surface area contributed by atoms with Crippen molar-refractivity contribution in [2.24, 2.45) is 0 Å². The first-order chi connectivity index (χ1) is 13.9. The lowest BCUT2D eigenvalue weighted by molar-refractivity contribution is 0.0606. The summed E-state index contributed by atoms with van der Waals surface area (Å²) >= 11 is 6.16. The second-order valence-corrected chi connectivity index (χ2v) is 7.92. The number of anilines is 1. The van der Waals surface area contributed by atoms with E-state index in [1.807, 2.05) is 24.0 Å². The molecule has 1 aliphatic rings. The number of carbonyl (C=O) groups excluding carboxylic acids is 1. The Morgan fingerprint density at radius 1 is 1.28 bits per heavy atom. The van der Waals surface area contributed by atoms with Crippen LogP contribution in [0.4, 0.5) is 5.69 Å². The molecule has 3 aromatic rings. The number of nitrogens with zero attached hydrogens (tertiary/aromatic N) is 3. The normalized spacial score (nSPS) is 17.0. The van der Waals surface area contributed by atoms with E-state index < -0.39 is 0 Å². The van der Waals surface area contributed by atoms with E-state index in [0.29, 0.717) is 28.3 Å². The minimum atomic E-state index is -0.151. The third-order valence-electron chi connectivity index (χ3n) is 5.71. The molecule has 0 radical (unpaired) electrons. The number of piperidine rings is 1. The highest BCUT2D eigenvalue weighted by Gasteiger charge is 2.31. The maximum absolute atomic E-state index is 13.4. The van der Waals surface area contributed by atoms with Gasteiger partial charge in [-0.1, -0.05) is 11.6 Å². The summed E-state index contributed by atoms with van der Waals surface area (Å²) in [7, 11) is 1.79. The zero-order valence-corrected chi connectivity index (χ0v) is 17.5. The molecular weight excluding hydrogens is 390 g/mol. The molecule has 2 aromatic heterocycles. The van der Waals surface area contributed by atoms with Crippen LogP contribution in [0, 0.1) is 13.8 Å². The summed E-state index contributed by atoms with van der Waals surface area (Å²) in [5.41, 5.74) is 3.90. The van der Waals surface area contributed by atoms with E-state index in [9.17, 15) is 9.59 Å². The molecule has 3 heterocycles. The zero-order valence-electron chi connectivity index (χ0n) is 16.8. The number of hydrogen-bond donors (Lipinski definition) is 2. The Hall–Kier alpha value is -2.80. The van der Waals surface area contributed by atoms with Gasteiger partial charge in [0.2, 0.25) is 0 Å². The van der Waals surface area contributed by atoms with E-state index in [1.165, 1.54) is 4.52 Å². The van der Waals surface area contributed by atoms with Gasteiger partial charge < -0.3 is 10.2 Å². The number of aromatic amines is 1. The molecule has 0 aliphatic carbocycles. The number of likely N-dealkylation sites (tertiary alicyclic amines) is 1. The minimum absolute atomic E-state index is 0.0760. The topological polar surface area (TPSA) is 82.5 Å². The van der Waals surface area contributed by atoms with E-state index >= 15 is 0 Å². The van der Waals surface area contributed by atoms with E-state index in [1.54, 1.807) is 26.1 Å². The molecule has 1 fully saturated rings. The Morgan fingerprint density at radius 3 is 2.83 bits per heavy atom. The molecule has 0 saturated carbocycles. The summed E-state index contributed by atoms with van der Waals surface area (Å²) < 4.78 is 1.47. The van der Waals surface area contributed by atoms with Crippen LogP contribution in [0.25, 0.3) is 5.65 Å². The van der Waals surface area contributed by atoms with Crippen LogP contribution in [0.2, 0.25) is 5.02 Å². The Kier molecular flexibility index (Phi) is 5.08. The quantitative estimate of drug-likeness (QED) is 0.685. The lowest BCUT2D eigenvalue weighted by Crippen LogP contribution is -2.39. The summed E-state index contributed by atoms with van der Waals surface area (Å²) in [5, 5.41) is 6.77. The van der Waals surface area contributed by atoms with Crippen molar-refractivity contribution in [1.29, 1.82) is 0 Å². The highest BCUT2D eigenvalue weighted by atomic mass is 35.5. The number of rotatable bonds is 3. The van der Waals surface area contributed by atoms with Crippen LogP contribution in [-0.4, -0.2) is 39.0 Å². The summed E-state index contributed by atoms with van der Waals surface area (Å²) in [5.74, 6) is -0.0760. The number of benzene rings is 1. The number of carbonyl (C=O) groups is 1. The van der Waals surface area contributed by atoms with Crippen molar-refractivity contribution in [1.82, 2.24) is 19.5 Å². The second-order valence-electron chi connectivity index (χ2n) is 7.48. The Balaban J connectivity index is 1.76. The third-order valence-corrected chi connectivity index (χ3v) is 5.94. The van der Waals surface area contributed by atoms with Crippen molar-refractivity contribution in [2.75, 3.05) is 18.9 Å². The van der Waals surface area contributed by atoms with Crippen LogP contribution in [0.15, 0.2) is 29.1 Å². The predicted molar refractivity (Wildman–Crippen MR) is 114 cm³/mol. The van der Waals surface area contributed by atoms with Crippen molar-refractivity contribution in [3.63, 3.8) is 0 Å². The average molecular weight is 414 g/mol. The fraction of sp³-hybridized carbons (Fsp3) is 0.381. The molecule has 1 aliphatic heterocycles. The van der Waals surface area contributed by atoms with Crippen LogP contribution in [0.1, 0.15) is 52.6 Å². The molecule has 1 amide bonds. The molecule has 1 aromatic carbocycles. The lowest BCUT2D eigenvalue weighted by Gasteiger charge is -2.35. The Morgan fingerprint density at radius 2 is 2.07 bits per heavy atom. The monoisotopic (exact) mass is 413 g/mol. The van der Waals surface area contributed by atoms with Crippen molar-refractivity contribution in [3.05, 3.63) is 62.2 Å². The Bertz CT molecular complexity index is 1150. The number of hydrogen-bond acceptors (Lipinski definition) is 4. The summed E-state index contributed by atoms with van der Waals surface area (Å²) in [4.78, 5) is 32.4. The molecule has 0 spiro atoms. The summed E-state index contributed by atoms with van der Waals surface area (Å²) in [6, 6.07) is 7.00. The molecule has 29 heavy (non-hydrogen) atoms. The molecule has 0 unspecified atom stereocenters. The fourth-order valence-corrected chi connectivity index (χ4v) is 4.14. The number of amides is 1. The molecule has 7 nitrogen and oxygen atoms in total. The SMILES string of the molecule is CNc1ccc(Cl)cc1C(=O)N1CCCC[C@H]1c1cc2nc(C)c(C)c(=O)n2[nH]1. The first-order valence-corrected chi connectivity index (χ1v) is 10.2. The highest BCUT2D eigenvalue weighted by Crippen LogP contribution is 2.33.